The minimum Gasteiger partial charge on any atom is -0.378 e. The fourth-order valence-electron chi connectivity index (χ4n) is 5.55. The van der Waals surface area contributed by atoms with Crippen molar-refractivity contribution in [3.05, 3.63) is 101 Å². The van der Waals surface area contributed by atoms with Gasteiger partial charge in [-0.2, -0.15) is 0 Å². The second kappa shape index (κ2) is 11.4. The molecule has 41 heavy (non-hydrogen) atoms. The normalized spacial score (nSPS) is 16.7. The number of aryl methyl sites for hydroxylation is 2. The lowest BCUT2D eigenvalue weighted by Gasteiger charge is -2.29. The van der Waals surface area contributed by atoms with Crippen LogP contribution in [-0.2, 0) is 4.79 Å². The van der Waals surface area contributed by atoms with Crippen molar-refractivity contribution in [1.29, 1.82) is 0 Å². The van der Waals surface area contributed by atoms with Gasteiger partial charge in [0.05, 0.1) is 17.8 Å². The molecule has 1 fully saturated rings. The van der Waals surface area contributed by atoms with Crippen molar-refractivity contribution >= 4 is 40.3 Å². The maximum Gasteiger partial charge on any atom is 0.226 e. The third kappa shape index (κ3) is 5.44. The van der Waals surface area contributed by atoms with E-state index in [1.807, 2.05) is 71.4 Å². The van der Waals surface area contributed by atoms with Gasteiger partial charge in [-0.05, 0) is 105 Å². The number of pyridine rings is 1. The van der Waals surface area contributed by atoms with Gasteiger partial charge >= 0.3 is 0 Å². The van der Waals surface area contributed by atoms with Gasteiger partial charge in [-0.15, -0.1) is 0 Å². The SMILES string of the molecule is Cc1cc(N2C(=S)N[C@H](c3ccccn3)[C@H]2c2cc(C)n(-c3ccc(N(C)C)cc3)c2C)ccc1NC(=O)C(C)C. The van der Waals surface area contributed by atoms with Gasteiger partial charge in [0, 0.05) is 60.3 Å². The number of carbonyl (C=O) groups is 1. The molecule has 0 bridgehead atoms. The van der Waals surface area contributed by atoms with Crippen LogP contribution in [0.1, 0.15) is 54.1 Å². The summed E-state index contributed by atoms with van der Waals surface area (Å²) in [6.45, 7) is 10.1. The molecule has 5 rings (SSSR count). The molecular weight excluding hydrogens is 528 g/mol. The predicted octanol–water partition coefficient (Wildman–Crippen LogP) is 6.64. The van der Waals surface area contributed by atoms with E-state index >= 15 is 0 Å². The van der Waals surface area contributed by atoms with Gasteiger partial charge in [-0.25, -0.2) is 0 Å². The van der Waals surface area contributed by atoms with Crippen LogP contribution in [0.3, 0.4) is 0 Å². The molecule has 2 N–H and O–H groups in total. The largest absolute Gasteiger partial charge is 0.378 e. The minimum absolute atomic E-state index is 0.00152. The molecule has 1 aliphatic rings. The van der Waals surface area contributed by atoms with E-state index < -0.39 is 0 Å². The van der Waals surface area contributed by atoms with E-state index in [1.165, 1.54) is 5.56 Å². The molecule has 8 heteroatoms. The first-order valence-corrected chi connectivity index (χ1v) is 14.4. The average Bonchev–Trinajstić information content (AvgIpc) is 3.44. The van der Waals surface area contributed by atoms with Gasteiger partial charge in [0.15, 0.2) is 5.11 Å². The topological polar surface area (TPSA) is 65.4 Å². The molecule has 0 spiro atoms. The summed E-state index contributed by atoms with van der Waals surface area (Å²) in [5.74, 6) is -0.0966. The molecule has 4 aromatic rings. The van der Waals surface area contributed by atoms with Crippen molar-refractivity contribution < 1.29 is 4.79 Å². The third-order valence-corrected chi connectivity index (χ3v) is 8.10. The van der Waals surface area contributed by atoms with Crippen molar-refractivity contribution in [2.45, 2.75) is 46.7 Å². The molecule has 3 heterocycles. The molecular formula is C33H38N6OS. The van der Waals surface area contributed by atoms with Crippen molar-refractivity contribution in [2.24, 2.45) is 5.92 Å². The van der Waals surface area contributed by atoms with Crippen LogP contribution in [0.2, 0.25) is 0 Å². The highest BCUT2D eigenvalue weighted by molar-refractivity contribution is 7.80. The molecule has 212 valence electrons. The molecule has 2 aromatic carbocycles. The zero-order valence-corrected chi connectivity index (χ0v) is 25.6. The standard InChI is InChI=1S/C33H38N6OS/c1-20(2)32(40)35-28-16-15-26(18-21(28)3)39-31(30(36-33(39)41)29-10-8-9-17-34-29)27-19-22(4)38(23(27)5)25-13-11-24(12-14-25)37(6)7/h8-20,30-31H,1-7H3,(H,35,40)(H,36,41)/t30-,31-/m1/s1. The Balaban J connectivity index is 1.60. The van der Waals surface area contributed by atoms with E-state index in [1.54, 1.807) is 0 Å². The Morgan fingerprint density at radius 1 is 1.00 bits per heavy atom. The fraction of sp³-hybridized carbons (Fsp3) is 0.303. The maximum atomic E-state index is 12.4. The molecule has 1 amide bonds. The number of rotatable bonds is 7. The van der Waals surface area contributed by atoms with Crippen LogP contribution in [0.5, 0.6) is 0 Å². The number of hydrogen-bond donors (Lipinski definition) is 2. The lowest BCUT2D eigenvalue weighted by Crippen LogP contribution is -2.29. The lowest BCUT2D eigenvalue weighted by atomic mass is 9.96. The van der Waals surface area contributed by atoms with Gasteiger partial charge < -0.3 is 25.0 Å². The maximum absolute atomic E-state index is 12.4. The van der Waals surface area contributed by atoms with Crippen LogP contribution in [0, 0.1) is 26.7 Å². The summed E-state index contributed by atoms with van der Waals surface area (Å²) in [5, 5.41) is 7.26. The van der Waals surface area contributed by atoms with Gasteiger partial charge in [-0.1, -0.05) is 19.9 Å². The first kappa shape index (κ1) is 28.4. The summed E-state index contributed by atoms with van der Waals surface area (Å²) in [7, 11) is 4.10. The molecule has 0 aliphatic carbocycles. The molecule has 7 nitrogen and oxygen atoms in total. The van der Waals surface area contributed by atoms with Crippen LogP contribution in [-0.4, -0.2) is 34.7 Å². The minimum atomic E-state index is -0.144. The molecule has 2 atom stereocenters. The smallest absolute Gasteiger partial charge is 0.226 e. The van der Waals surface area contributed by atoms with Gasteiger partial charge in [0.2, 0.25) is 5.91 Å². The molecule has 1 saturated heterocycles. The van der Waals surface area contributed by atoms with Crippen LogP contribution >= 0.6 is 12.2 Å². The van der Waals surface area contributed by atoms with Crippen LogP contribution in [0.15, 0.2) is 72.9 Å². The Labute approximate surface area is 248 Å². The number of nitrogens with one attached hydrogen (secondary N) is 2. The van der Waals surface area contributed by atoms with E-state index in [9.17, 15) is 4.79 Å². The third-order valence-electron chi connectivity index (χ3n) is 7.78. The first-order chi connectivity index (χ1) is 19.6. The Kier molecular flexibility index (Phi) is 7.87. The molecule has 0 saturated carbocycles. The van der Waals surface area contributed by atoms with Crippen LogP contribution in [0.4, 0.5) is 17.1 Å². The predicted molar refractivity (Wildman–Crippen MR) is 172 cm³/mol. The van der Waals surface area contributed by atoms with Crippen LogP contribution < -0.4 is 20.4 Å². The Morgan fingerprint density at radius 3 is 2.32 bits per heavy atom. The van der Waals surface area contributed by atoms with Crippen molar-refractivity contribution in [3.8, 4) is 5.69 Å². The average molecular weight is 567 g/mol. The molecule has 2 aromatic heterocycles. The highest BCUT2D eigenvalue weighted by Gasteiger charge is 2.42. The Morgan fingerprint density at radius 2 is 1.71 bits per heavy atom. The second-order valence-corrected chi connectivity index (χ2v) is 11.6. The fourth-order valence-corrected chi connectivity index (χ4v) is 5.89. The van der Waals surface area contributed by atoms with Crippen molar-refractivity contribution in [1.82, 2.24) is 14.9 Å². The summed E-state index contributed by atoms with van der Waals surface area (Å²) >= 11 is 5.98. The van der Waals surface area contributed by atoms with Gasteiger partial charge in [0.1, 0.15) is 0 Å². The second-order valence-electron chi connectivity index (χ2n) is 11.2. The summed E-state index contributed by atoms with van der Waals surface area (Å²) in [4.78, 5) is 21.4. The zero-order valence-electron chi connectivity index (χ0n) is 24.8. The molecule has 0 radical (unpaired) electrons. The number of carbonyl (C=O) groups excluding carboxylic acids is 1. The monoisotopic (exact) mass is 566 g/mol. The zero-order chi connectivity index (χ0) is 29.4. The number of nitrogens with zero attached hydrogens (tertiary/aromatic N) is 4. The summed E-state index contributed by atoms with van der Waals surface area (Å²) in [5.41, 5.74) is 9.44. The summed E-state index contributed by atoms with van der Waals surface area (Å²) < 4.78 is 2.31. The van der Waals surface area contributed by atoms with Crippen molar-refractivity contribution in [3.63, 3.8) is 0 Å². The highest BCUT2D eigenvalue weighted by atomic mass is 32.1. The van der Waals surface area contributed by atoms with Gasteiger partial charge in [-0.3, -0.25) is 9.78 Å². The van der Waals surface area contributed by atoms with Gasteiger partial charge in [0.25, 0.3) is 0 Å². The molecule has 0 unspecified atom stereocenters. The number of hydrogen-bond acceptors (Lipinski definition) is 4. The lowest BCUT2D eigenvalue weighted by molar-refractivity contribution is -0.118. The van der Waals surface area contributed by atoms with E-state index in [0.29, 0.717) is 5.11 Å². The number of thiocarbonyl (C=S) groups is 1. The summed E-state index contributed by atoms with van der Waals surface area (Å²) in [6, 6.07) is 22.7. The first-order valence-electron chi connectivity index (χ1n) is 14.0. The highest BCUT2D eigenvalue weighted by Crippen LogP contribution is 2.44. The Bertz CT molecular complexity index is 1580. The summed E-state index contributed by atoms with van der Waals surface area (Å²) in [6.07, 6.45) is 1.83. The van der Waals surface area contributed by atoms with Crippen molar-refractivity contribution in [2.75, 3.05) is 29.2 Å². The number of benzene rings is 2. The number of aromatic nitrogens is 2. The number of amides is 1. The molecule has 1 aliphatic heterocycles. The van der Waals surface area contributed by atoms with E-state index in [-0.39, 0.29) is 23.9 Å². The Hall–Kier alpha value is -4.17. The van der Waals surface area contributed by atoms with E-state index in [4.69, 9.17) is 17.2 Å². The number of anilines is 3. The van der Waals surface area contributed by atoms with Crippen LogP contribution in [0.25, 0.3) is 5.69 Å². The quantitative estimate of drug-likeness (QED) is 0.245. The van der Waals surface area contributed by atoms with E-state index in [0.717, 1.165) is 45.4 Å². The van der Waals surface area contributed by atoms with E-state index in [2.05, 4.69) is 75.2 Å².